The maximum atomic E-state index is 11.1. The fraction of sp³-hybridized carbons (Fsp3) is 0.625. The summed E-state index contributed by atoms with van der Waals surface area (Å²) in [5, 5.41) is 5.86. The van der Waals surface area contributed by atoms with Crippen molar-refractivity contribution in [2.24, 2.45) is 0 Å². The maximum Gasteiger partial charge on any atom is 0.315 e. The van der Waals surface area contributed by atoms with Crippen LogP contribution in [-0.4, -0.2) is 23.4 Å². The normalized spacial score (nSPS) is 39.2. The Bertz CT molecular complexity index is 253. The molecule has 0 aromatic rings. The van der Waals surface area contributed by atoms with Crippen molar-refractivity contribution in [3.8, 4) is 0 Å². The van der Waals surface area contributed by atoms with E-state index in [9.17, 15) is 4.79 Å². The van der Waals surface area contributed by atoms with Gasteiger partial charge < -0.3 is 10.6 Å². The van der Waals surface area contributed by atoms with Gasteiger partial charge in [0, 0.05) is 10.7 Å². The molecule has 66 valence electrons. The largest absolute Gasteiger partial charge is 0.329 e. The molecule has 2 N–H and O–H groups in total. The smallest absolute Gasteiger partial charge is 0.315 e. The minimum absolute atomic E-state index is 0.0525. The highest BCUT2D eigenvalue weighted by molar-refractivity contribution is 8.03. The molecule has 0 saturated carbocycles. The van der Waals surface area contributed by atoms with Crippen LogP contribution in [0.15, 0.2) is 11.5 Å². The molecule has 0 aromatic heterocycles. The van der Waals surface area contributed by atoms with Crippen molar-refractivity contribution in [2.45, 2.75) is 24.9 Å². The van der Waals surface area contributed by atoms with E-state index in [4.69, 9.17) is 0 Å². The van der Waals surface area contributed by atoms with Gasteiger partial charge in [-0.25, -0.2) is 4.79 Å². The summed E-state index contributed by atoms with van der Waals surface area (Å²) in [5.74, 6) is 0.950. The number of rotatable bonds is 1. The molecule has 12 heavy (non-hydrogen) atoms. The topological polar surface area (TPSA) is 41.1 Å². The van der Waals surface area contributed by atoms with Gasteiger partial charge >= 0.3 is 6.03 Å². The van der Waals surface area contributed by atoms with Gasteiger partial charge in [0.15, 0.2) is 0 Å². The quantitative estimate of drug-likeness (QED) is 0.599. The summed E-state index contributed by atoms with van der Waals surface area (Å²) in [6.07, 6.45) is 0.961. The van der Waals surface area contributed by atoms with Crippen LogP contribution in [0.3, 0.4) is 0 Å². The first kappa shape index (κ1) is 7.98. The van der Waals surface area contributed by atoms with Crippen LogP contribution in [0, 0.1) is 0 Å². The van der Waals surface area contributed by atoms with Crippen LogP contribution < -0.4 is 10.6 Å². The molecule has 2 unspecified atom stereocenters. The molecule has 0 aliphatic carbocycles. The van der Waals surface area contributed by atoms with Gasteiger partial charge in [0.1, 0.15) is 0 Å². The Hall–Kier alpha value is -0.640. The standard InChI is InChI=1S/C8H12N2OS/c1-3-8-4-12-5(2)6(8)9-7(11)10-8/h6H,2-4H2,1H3,(H2,9,10,11). The van der Waals surface area contributed by atoms with Gasteiger partial charge in [0.05, 0.1) is 11.6 Å². The van der Waals surface area contributed by atoms with Crippen molar-refractivity contribution in [1.29, 1.82) is 0 Å². The van der Waals surface area contributed by atoms with Gasteiger partial charge in [-0.15, -0.1) is 11.8 Å². The van der Waals surface area contributed by atoms with Crippen molar-refractivity contribution >= 4 is 17.8 Å². The minimum Gasteiger partial charge on any atom is -0.329 e. The number of nitrogens with one attached hydrogen (secondary N) is 2. The third kappa shape index (κ3) is 0.874. The molecular formula is C8H12N2OS. The minimum atomic E-state index is -0.0567. The van der Waals surface area contributed by atoms with Crippen LogP contribution in [0.4, 0.5) is 4.79 Å². The first-order chi connectivity index (χ1) is 5.68. The molecule has 0 radical (unpaired) electrons. The molecule has 2 fully saturated rings. The average molecular weight is 184 g/mol. The third-order valence-electron chi connectivity index (χ3n) is 2.66. The van der Waals surface area contributed by atoms with Crippen molar-refractivity contribution in [2.75, 3.05) is 5.75 Å². The molecule has 2 rings (SSSR count). The third-order valence-corrected chi connectivity index (χ3v) is 3.92. The summed E-state index contributed by atoms with van der Waals surface area (Å²) in [5.41, 5.74) is -0.0567. The van der Waals surface area contributed by atoms with Gasteiger partial charge in [0.25, 0.3) is 0 Å². The lowest BCUT2D eigenvalue weighted by atomic mass is 9.91. The van der Waals surface area contributed by atoms with Crippen molar-refractivity contribution in [1.82, 2.24) is 10.6 Å². The fourth-order valence-electron chi connectivity index (χ4n) is 1.81. The van der Waals surface area contributed by atoms with Crippen LogP contribution in [0.25, 0.3) is 0 Å². The molecule has 3 nitrogen and oxygen atoms in total. The first-order valence-corrected chi connectivity index (χ1v) is 5.07. The van der Waals surface area contributed by atoms with E-state index in [1.165, 1.54) is 0 Å². The highest BCUT2D eigenvalue weighted by Crippen LogP contribution is 2.41. The van der Waals surface area contributed by atoms with E-state index < -0.39 is 0 Å². The Morgan fingerprint density at radius 1 is 1.83 bits per heavy atom. The maximum absolute atomic E-state index is 11.1. The molecule has 0 spiro atoms. The summed E-state index contributed by atoms with van der Waals surface area (Å²) < 4.78 is 0. The van der Waals surface area contributed by atoms with E-state index in [0.717, 1.165) is 17.1 Å². The summed E-state index contributed by atoms with van der Waals surface area (Å²) in [7, 11) is 0. The van der Waals surface area contributed by atoms with Gasteiger partial charge in [0.2, 0.25) is 0 Å². The van der Waals surface area contributed by atoms with Crippen LogP contribution in [-0.2, 0) is 0 Å². The molecule has 2 atom stereocenters. The average Bonchev–Trinajstić information content (AvgIpc) is 2.51. The lowest BCUT2D eigenvalue weighted by Gasteiger charge is -2.24. The number of carbonyl (C=O) groups is 1. The van der Waals surface area contributed by atoms with Gasteiger partial charge in [-0.1, -0.05) is 13.5 Å². The number of hydrogen-bond acceptors (Lipinski definition) is 2. The van der Waals surface area contributed by atoms with E-state index in [0.29, 0.717) is 0 Å². The number of thioether (sulfide) groups is 1. The van der Waals surface area contributed by atoms with E-state index in [-0.39, 0.29) is 17.6 Å². The zero-order valence-electron chi connectivity index (χ0n) is 7.02. The Morgan fingerprint density at radius 3 is 3.17 bits per heavy atom. The van der Waals surface area contributed by atoms with Crippen LogP contribution >= 0.6 is 11.8 Å². The van der Waals surface area contributed by atoms with Crippen molar-refractivity contribution < 1.29 is 4.79 Å². The summed E-state index contributed by atoms with van der Waals surface area (Å²) in [6, 6.07) is 0.0864. The number of hydrogen-bond donors (Lipinski definition) is 2. The SMILES string of the molecule is C=C1SCC2(CC)NC(=O)NC12. The molecule has 2 aliphatic rings. The molecule has 4 heteroatoms. The monoisotopic (exact) mass is 184 g/mol. The second-order valence-electron chi connectivity index (χ2n) is 3.30. The Labute approximate surface area is 76.0 Å². The molecule has 2 saturated heterocycles. The molecule has 2 heterocycles. The Morgan fingerprint density at radius 2 is 2.58 bits per heavy atom. The van der Waals surface area contributed by atoms with E-state index in [1.54, 1.807) is 11.8 Å². The zero-order valence-corrected chi connectivity index (χ0v) is 7.83. The fourth-order valence-corrected chi connectivity index (χ4v) is 3.15. The predicted molar refractivity (Wildman–Crippen MR) is 50.1 cm³/mol. The van der Waals surface area contributed by atoms with Crippen LogP contribution in [0.5, 0.6) is 0 Å². The molecule has 0 bridgehead atoms. The summed E-state index contributed by atoms with van der Waals surface area (Å²) >= 11 is 1.74. The van der Waals surface area contributed by atoms with E-state index in [2.05, 4.69) is 24.1 Å². The van der Waals surface area contributed by atoms with Gasteiger partial charge in [-0.3, -0.25) is 0 Å². The Kier molecular flexibility index (Phi) is 1.61. The number of carbonyl (C=O) groups excluding carboxylic acids is 1. The molecular weight excluding hydrogens is 172 g/mol. The van der Waals surface area contributed by atoms with E-state index >= 15 is 0 Å². The lowest BCUT2D eigenvalue weighted by molar-refractivity contribution is 0.245. The zero-order chi connectivity index (χ0) is 8.77. The van der Waals surface area contributed by atoms with Crippen LogP contribution in [0.1, 0.15) is 13.3 Å². The lowest BCUT2D eigenvalue weighted by Crippen LogP contribution is -2.47. The van der Waals surface area contributed by atoms with E-state index in [1.807, 2.05) is 0 Å². The Balaban J connectivity index is 2.30. The van der Waals surface area contributed by atoms with Crippen LogP contribution in [0.2, 0.25) is 0 Å². The summed E-state index contributed by atoms with van der Waals surface area (Å²) in [6.45, 7) is 6.03. The predicted octanol–water partition coefficient (Wildman–Crippen LogP) is 1.08. The number of fused-ring (bicyclic) bond motifs is 1. The second kappa shape index (κ2) is 2.42. The van der Waals surface area contributed by atoms with Gasteiger partial charge in [-0.05, 0) is 6.42 Å². The number of urea groups is 1. The summed E-state index contributed by atoms with van der Waals surface area (Å²) in [4.78, 5) is 12.2. The molecule has 2 amide bonds. The second-order valence-corrected chi connectivity index (χ2v) is 4.40. The van der Waals surface area contributed by atoms with Gasteiger partial charge in [-0.2, -0.15) is 0 Å². The highest BCUT2D eigenvalue weighted by Gasteiger charge is 2.50. The highest BCUT2D eigenvalue weighted by atomic mass is 32.2. The van der Waals surface area contributed by atoms with Crippen molar-refractivity contribution in [3.63, 3.8) is 0 Å². The first-order valence-electron chi connectivity index (χ1n) is 4.08. The molecule has 2 aliphatic heterocycles. The number of amides is 2. The molecule has 0 aromatic carbocycles. The van der Waals surface area contributed by atoms with Crippen molar-refractivity contribution in [3.05, 3.63) is 11.5 Å².